The molecule has 1 aliphatic heterocycles. The zero-order valence-corrected chi connectivity index (χ0v) is 19.5. The van der Waals surface area contributed by atoms with E-state index in [0.29, 0.717) is 12.0 Å². The Kier molecular flexibility index (Phi) is 11.8. The minimum absolute atomic E-state index is 0. The molecule has 27 heavy (non-hydrogen) atoms. The minimum atomic E-state index is 0. The molecule has 156 valence electrons. The van der Waals surface area contributed by atoms with Gasteiger partial charge >= 0.3 is 0 Å². The Balaban J connectivity index is 0.00000364. The molecule has 2 heterocycles. The highest BCUT2D eigenvalue weighted by molar-refractivity contribution is 14.0. The van der Waals surface area contributed by atoms with Gasteiger partial charge in [-0.1, -0.05) is 20.8 Å². The molecule has 0 aliphatic carbocycles. The fourth-order valence-corrected chi connectivity index (χ4v) is 3.32. The molecule has 1 fully saturated rings. The molecule has 1 aliphatic rings. The SMILES string of the molecule is CCc1nncn1CCNC(=NC)NCC(CC(C)C)N1CCOCC1.I. The Morgan fingerprint density at radius 2 is 2.04 bits per heavy atom. The molecule has 0 amide bonds. The number of hydrogen-bond donors (Lipinski definition) is 2. The summed E-state index contributed by atoms with van der Waals surface area (Å²) in [6, 6.07) is 0.502. The third kappa shape index (κ3) is 8.30. The van der Waals surface area contributed by atoms with E-state index in [1.807, 2.05) is 7.05 Å². The number of aliphatic imine (C=N–C) groups is 1. The molecule has 0 radical (unpaired) electrons. The number of hydrogen-bond acceptors (Lipinski definition) is 5. The van der Waals surface area contributed by atoms with Gasteiger partial charge in [0.25, 0.3) is 0 Å². The van der Waals surface area contributed by atoms with Gasteiger partial charge in [0.05, 0.1) is 13.2 Å². The Bertz CT molecular complexity index is 544. The first-order chi connectivity index (χ1) is 12.6. The Labute approximate surface area is 180 Å². The summed E-state index contributed by atoms with van der Waals surface area (Å²) in [6.07, 6.45) is 3.85. The fraction of sp³-hybridized carbons (Fsp3) is 0.833. The standard InChI is InChI=1S/C18H35N7O.HI/c1-5-17-23-22-14-25(17)7-6-20-18(19-4)21-13-16(12-15(2)3)24-8-10-26-11-9-24;/h14-16H,5-13H2,1-4H3,(H2,19,20,21);1H. The summed E-state index contributed by atoms with van der Waals surface area (Å²) in [6.45, 7) is 12.9. The van der Waals surface area contributed by atoms with Crippen LogP contribution in [0.3, 0.4) is 0 Å². The van der Waals surface area contributed by atoms with Gasteiger partial charge in [-0.15, -0.1) is 34.2 Å². The quantitative estimate of drug-likeness (QED) is 0.308. The largest absolute Gasteiger partial charge is 0.379 e. The maximum absolute atomic E-state index is 5.50. The van der Waals surface area contributed by atoms with Crippen molar-refractivity contribution in [2.45, 2.75) is 46.2 Å². The maximum atomic E-state index is 5.50. The topological polar surface area (TPSA) is 79.6 Å². The van der Waals surface area contributed by atoms with Crippen molar-refractivity contribution >= 4 is 29.9 Å². The van der Waals surface area contributed by atoms with Crippen molar-refractivity contribution in [1.29, 1.82) is 0 Å². The van der Waals surface area contributed by atoms with E-state index in [9.17, 15) is 0 Å². The lowest BCUT2D eigenvalue weighted by atomic mass is 10.0. The zero-order chi connectivity index (χ0) is 18.8. The molecule has 1 saturated heterocycles. The lowest BCUT2D eigenvalue weighted by Crippen LogP contribution is -2.51. The van der Waals surface area contributed by atoms with Crippen LogP contribution in [0.5, 0.6) is 0 Å². The molecule has 0 saturated carbocycles. The van der Waals surface area contributed by atoms with Crippen LogP contribution in [0.2, 0.25) is 0 Å². The summed E-state index contributed by atoms with van der Waals surface area (Å²) in [7, 11) is 1.82. The molecule has 0 aromatic carbocycles. The number of guanidine groups is 1. The number of morpholine rings is 1. The van der Waals surface area contributed by atoms with Crippen molar-refractivity contribution in [3.8, 4) is 0 Å². The monoisotopic (exact) mass is 493 g/mol. The average molecular weight is 493 g/mol. The molecule has 1 unspecified atom stereocenters. The number of ether oxygens (including phenoxy) is 1. The molecule has 1 atom stereocenters. The maximum Gasteiger partial charge on any atom is 0.191 e. The highest BCUT2D eigenvalue weighted by atomic mass is 127. The van der Waals surface area contributed by atoms with Crippen molar-refractivity contribution in [1.82, 2.24) is 30.3 Å². The molecule has 9 heteroatoms. The number of nitrogens with one attached hydrogen (secondary N) is 2. The molecule has 0 bridgehead atoms. The summed E-state index contributed by atoms with van der Waals surface area (Å²) in [5.74, 6) is 2.53. The lowest BCUT2D eigenvalue weighted by molar-refractivity contribution is 0.0132. The summed E-state index contributed by atoms with van der Waals surface area (Å²) in [4.78, 5) is 6.89. The van der Waals surface area contributed by atoms with Crippen molar-refractivity contribution in [3.05, 3.63) is 12.2 Å². The molecule has 2 rings (SSSR count). The van der Waals surface area contributed by atoms with E-state index >= 15 is 0 Å². The van der Waals surface area contributed by atoms with Crippen LogP contribution in [0.25, 0.3) is 0 Å². The van der Waals surface area contributed by atoms with Crippen molar-refractivity contribution in [2.75, 3.05) is 46.4 Å². The van der Waals surface area contributed by atoms with E-state index in [2.05, 4.69) is 56.1 Å². The normalized spacial score (nSPS) is 16.9. The van der Waals surface area contributed by atoms with E-state index in [4.69, 9.17) is 4.74 Å². The Hall–Kier alpha value is -0.940. The van der Waals surface area contributed by atoms with Gasteiger partial charge in [0.15, 0.2) is 5.96 Å². The molecule has 0 spiro atoms. The molecule has 8 nitrogen and oxygen atoms in total. The molecule has 1 aromatic rings. The second-order valence-electron chi connectivity index (χ2n) is 7.11. The van der Waals surface area contributed by atoms with Gasteiger partial charge in [-0.3, -0.25) is 9.89 Å². The van der Waals surface area contributed by atoms with Crippen LogP contribution in [0, 0.1) is 5.92 Å². The van der Waals surface area contributed by atoms with E-state index < -0.39 is 0 Å². The van der Waals surface area contributed by atoms with Crippen LogP contribution in [-0.4, -0.2) is 78.1 Å². The smallest absolute Gasteiger partial charge is 0.191 e. The van der Waals surface area contributed by atoms with Crippen LogP contribution in [0.4, 0.5) is 0 Å². The highest BCUT2D eigenvalue weighted by Crippen LogP contribution is 2.12. The number of halogens is 1. The molecule has 1 aromatic heterocycles. The van der Waals surface area contributed by atoms with E-state index in [0.717, 1.165) is 64.1 Å². The van der Waals surface area contributed by atoms with Crippen LogP contribution in [0.1, 0.15) is 33.0 Å². The van der Waals surface area contributed by atoms with E-state index in [1.54, 1.807) is 6.33 Å². The molecule has 2 N–H and O–H groups in total. The van der Waals surface area contributed by atoms with Gasteiger partial charge in [-0.25, -0.2) is 0 Å². The third-order valence-corrected chi connectivity index (χ3v) is 4.69. The van der Waals surface area contributed by atoms with Gasteiger partial charge in [-0.05, 0) is 12.3 Å². The summed E-state index contributed by atoms with van der Waals surface area (Å²) in [5.41, 5.74) is 0. The molecular weight excluding hydrogens is 457 g/mol. The number of aryl methyl sites for hydroxylation is 1. The number of rotatable bonds is 9. The van der Waals surface area contributed by atoms with Crippen molar-refractivity contribution in [2.24, 2.45) is 10.9 Å². The lowest BCUT2D eigenvalue weighted by Gasteiger charge is -2.35. The van der Waals surface area contributed by atoms with E-state index in [-0.39, 0.29) is 24.0 Å². The molecular formula is C18H36IN7O. The average Bonchev–Trinajstić information content (AvgIpc) is 3.11. The van der Waals surface area contributed by atoms with Gasteiger partial charge in [0, 0.05) is 52.2 Å². The zero-order valence-electron chi connectivity index (χ0n) is 17.1. The van der Waals surface area contributed by atoms with Gasteiger partial charge < -0.3 is 19.9 Å². The van der Waals surface area contributed by atoms with Crippen LogP contribution in [0.15, 0.2) is 11.3 Å². The third-order valence-electron chi connectivity index (χ3n) is 4.69. The summed E-state index contributed by atoms with van der Waals surface area (Å²) < 4.78 is 7.58. The first-order valence-corrected chi connectivity index (χ1v) is 9.77. The fourth-order valence-electron chi connectivity index (χ4n) is 3.32. The second kappa shape index (κ2) is 13.3. The minimum Gasteiger partial charge on any atom is -0.379 e. The van der Waals surface area contributed by atoms with Gasteiger partial charge in [0.1, 0.15) is 12.2 Å². The summed E-state index contributed by atoms with van der Waals surface area (Å²) >= 11 is 0. The van der Waals surface area contributed by atoms with Crippen LogP contribution < -0.4 is 10.6 Å². The first kappa shape index (κ1) is 24.1. The van der Waals surface area contributed by atoms with Crippen LogP contribution >= 0.6 is 24.0 Å². The predicted octanol–water partition coefficient (Wildman–Crippen LogP) is 1.37. The van der Waals surface area contributed by atoms with Crippen molar-refractivity contribution < 1.29 is 4.74 Å². The van der Waals surface area contributed by atoms with Gasteiger partial charge in [0.2, 0.25) is 0 Å². The van der Waals surface area contributed by atoms with E-state index in [1.165, 1.54) is 6.42 Å². The first-order valence-electron chi connectivity index (χ1n) is 9.77. The second-order valence-corrected chi connectivity index (χ2v) is 7.11. The predicted molar refractivity (Wildman–Crippen MR) is 120 cm³/mol. The van der Waals surface area contributed by atoms with Crippen molar-refractivity contribution in [3.63, 3.8) is 0 Å². The Morgan fingerprint density at radius 3 is 2.67 bits per heavy atom. The van der Waals surface area contributed by atoms with Crippen LogP contribution in [-0.2, 0) is 17.7 Å². The number of nitrogens with zero attached hydrogens (tertiary/aromatic N) is 5. The Morgan fingerprint density at radius 1 is 1.30 bits per heavy atom. The number of aromatic nitrogens is 3. The highest BCUT2D eigenvalue weighted by Gasteiger charge is 2.22. The van der Waals surface area contributed by atoms with Gasteiger partial charge in [-0.2, -0.15) is 0 Å². The summed E-state index contributed by atoms with van der Waals surface area (Å²) in [5, 5.41) is 15.0.